The summed E-state index contributed by atoms with van der Waals surface area (Å²) in [6.45, 7) is 2.68. The molecule has 0 radical (unpaired) electrons. The Balaban J connectivity index is 1.13. The number of aromatic amines is 1. The maximum absolute atomic E-state index is 14.3. The van der Waals surface area contributed by atoms with Crippen LogP contribution in [-0.4, -0.2) is 110 Å². The van der Waals surface area contributed by atoms with Gasteiger partial charge in [0.1, 0.15) is 16.9 Å². The van der Waals surface area contributed by atoms with Crippen LogP contribution in [0.3, 0.4) is 0 Å². The van der Waals surface area contributed by atoms with Gasteiger partial charge in [-0.2, -0.15) is 5.10 Å². The Morgan fingerprint density at radius 3 is 2.22 bits per heavy atom. The first-order valence-electron chi connectivity index (χ1n) is 20.0. The van der Waals surface area contributed by atoms with E-state index in [1.165, 1.54) is 0 Å². The minimum absolute atomic E-state index is 0.0535. The number of fused-ring (bicyclic) bond motifs is 6. The summed E-state index contributed by atoms with van der Waals surface area (Å²) in [7, 11) is 7.46. The van der Waals surface area contributed by atoms with Crippen LogP contribution in [0.2, 0.25) is 0 Å². The predicted octanol–water partition coefficient (Wildman–Crippen LogP) is 4.12. The van der Waals surface area contributed by atoms with Gasteiger partial charge in [0.25, 0.3) is 0 Å². The fourth-order valence-corrected chi connectivity index (χ4v) is 9.09. The van der Waals surface area contributed by atoms with Crippen LogP contribution in [0, 0.1) is 0 Å². The normalized spacial score (nSPS) is 18.2. The number of aliphatic hydroxyl groups excluding tert-OH is 1. The van der Waals surface area contributed by atoms with Gasteiger partial charge in [-0.25, -0.2) is 24.5 Å². The number of rotatable bonds is 8. The number of pyridine rings is 5. The molecule has 2 atom stereocenters. The highest BCUT2D eigenvalue weighted by Gasteiger charge is 2.33. The number of aromatic nitrogens is 11. The van der Waals surface area contributed by atoms with Crippen molar-refractivity contribution in [1.29, 1.82) is 0 Å². The molecule has 2 aliphatic rings. The van der Waals surface area contributed by atoms with E-state index >= 15 is 0 Å². The van der Waals surface area contributed by atoms with Gasteiger partial charge < -0.3 is 19.6 Å². The number of aryl methyl sites for hydroxylation is 2. The minimum Gasteiger partial charge on any atom is -0.395 e. The average molecular weight is 796 g/mol. The molecule has 0 aliphatic carbocycles. The third kappa shape index (κ3) is 6.10. The highest BCUT2D eigenvalue weighted by Crippen LogP contribution is 2.41. The first-order chi connectivity index (χ1) is 28.7. The molecule has 0 saturated carbocycles. The number of ether oxygens (including phenoxy) is 1. The summed E-state index contributed by atoms with van der Waals surface area (Å²) in [6, 6.07) is 9.54. The Hall–Kier alpha value is -6.30. The molecule has 8 aromatic heterocycles. The van der Waals surface area contributed by atoms with Gasteiger partial charge in [-0.1, -0.05) is 0 Å². The number of hydrogen-bond donors (Lipinski definition) is 2. The van der Waals surface area contributed by atoms with E-state index in [1.54, 1.807) is 48.0 Å². The molecule has 0 aromatic carbocycles. The van der Waals surface area contributed by atoms with Gasteiger partial charge in [-0.15, -0.1) is 0 Å². The lowest BCUT2D eigenvalue weighted by atomic mass is 9.95. The second kappa shape index (κ2) is 14.5. The van der Waals surface area contributed by atoms with Crippen LogP contribution in [0.1, 0.15) is 49.4 Å². The van der Waals surface area contributed by atoms with Crippen molar-refractivity contribution < 1.29 is 9.84 Å². The molecule has 302 valence electrons. The molecule has 2 unspecified atom stereocenters. The molecule has 2 aliphatic heterocycles. The molecule has 17 nitrogen and oxygen atoms in total. The summed E-state index contributed by atoms with van der Waals surface area (Å²) >= 11 is 0. The van der Waals surface area contributed by atoms with Gasteiger partial charge in [0.15, 0.2) is 0 Å². The SMILES string of the molecule is CN(C)c1ccc(-c2cc(C3CC(n4c(=O)n(C)c5cnc6ccc(-c7cn[nH]c7)nc6c54)CCO3)c3ncc4c(c3n2)n(C2CCN(CCO)CC2)c(=O)n4C)cn1. The maximum Gasteiger partial charge on any atom is 0.329 e. The Labute approximate surface area is 337 Å². The quantitative estimate of drug-likeness (QED) is 0.225. The molecule has 59 heavy (non-hydrogen) atoms. The van der Waals surface area contributed by atoms with Crippen molar-refractivity contribution in [2.24, 2.45) is 14.1 Å². The lowest BCUT2D eigenvalue weighted by molar-refractivity contribution is -0.00617. The highest BCUT2D eigenvalue weighted by molar-refractivity contribution is 6.02. The van der Waals surface area contributed by atoms with Crippen LogP contribution in [0.5, 0.6) is 0 Å². The molecule has 8 aromatic rings. The summed E-state index contributed by atoms with van der Waals surface area (Å²) in [4.78, 5) is 57.3. The van der Waals surface area contributed by atoms with Crippen LogP contribution < -0.4 is 16.3 Å². The van der Waals surface area contributed by atoms with E-state index in [9.17, 15) is 14.7 Å². The Morgan fingerprint density at radius 2 is 1.53 bits per heavy atom. The van der Waals surface area contributed by atoms with Crippen LogP contribution in [-0.2, 0) is 18.8 Å². The van der Waals surface area contributed by atoms with Gasteiger partial charge in [-0.3, -0.25) is 33.3 Å². The number of likely N-dealkylation sites (tertiary alicyclic amines) is 1. The molecule has 2 N–H and O–H groups in total. The molecular weight excluding hydrogens is 751 g/mol. The van der Waals surface area contributed by atoms with E-state index in [4.69, 9.17) is 24.7 Å². The molecule has 0 bridgehead atoms. The fourth-order valence-electron chi connectivity index (χ4n) is 9.09. The number of nitrogens with one attached hydrogen (secondary N) is 1. The second-order valence-electron chi connectivity index (χ2n) is 15.9. The number of anilines is 1. The number of imidazole rings is 2. The van der Waals surface area contributed by atoms with E-state index in [2.05, 4.69) is 20.1 Å². The van der Waals surface area contributed by atoms with Crippen LogP contribution >= 0.6 is 0 Å². The first kappa shape index (κ1) is 37.0. The predicted molar refractivity (Wildman–Crippen MR) is 224 cm³/mol. The number of H-pyrrole nitrogens is 1. The summed E-state index contributed by atoms with van der Waals surface area (Å²) in [5.41, 5.74) is 9.06. The van der Waals surface area contributed by atoms with Crippen molar-refractivity contribution in [2.45, 2.75) is 43.9 Å². The standard InChI is InChI=1S/C42H45N13O4/c1-50(2)35-8-5-24(19-44-35)31-18-28(36-38(49-31)40-33(23-45-36)52(4)41(57)54(40)26-9-12-53(13-10-26)14-15-56)34-17-27(11-16-59-34)55-39-32(51(3)42(55)58)22-43-30-7-6-29(48-37(30)39)25-20-46-47-21-25/h5-8,18-23,26-27,34,56H,9-17H2,1-4H3,(H,46,47). The molecule has 0 amide bonds. The smallest absolute Gasteiger partial charge is 0.329 e. The van der Waals surface area contributed by atoms with Gasteiger partial charge in [0, 0.05) is 95.6 Å². The largest absolute Gasteiger partial charge is 0.395 e. The van der Waals surface area contributed by atoms with Gasteiger partial charge in [0.05, 0.1) is 75.8 Å². The lowest BCUT2D eigenvalue weighted by Crippen LogP contribution is -2.38. The van der Waals surface area contributed by atoms with E-state index < -0.39 is 6.10 Å². The van der Waals surface area contributed by atoms with E-state index in [-0.39, 0.29) is 30.1 Å². The Morgan fingerprint density at radius 1 is 0.797 bits per heavy atom. The van der Waals surface area contributed by atoms with Crippen molar-refractivity contribution in [3.8, 4) is 22.5 Å². The number of piperidine rings is 1. The van der Waals surface area contributed by atoms with Crippen molar-refractivity contribution in [2.75, 3.05) is 51.8 Å². The minimum atomic E-state index is -0.465. The molecule has 0 spiro atoms. The van der Waals surface area contributed by atoms with Crippen molar-refractivity contribution >= 4 is 50.0 Å². The van der Waals surface area contributed by atoms with Crippen molar-refractivity contribution in [3.05, 3.63) is 87.8 Å². The second-order valence-corrected chi connectivity index (χ2v) is 15.9. The zero-order valence-electron chi connectivity index (χ0n) is 33.4. The number of aliphatic hydroxyl groups is 1. The molecule has 2 fully saturated rings. The van der Waals surface area contributed by atoms with E-state index in [0.717, 1.165) is 65.2 Å². The molecule has 2 saturated heterocycles. The first-order valence-corrected chi connectivity index (χ1v) is 20.0. The molecule has 17 heteroatoms. The van der Waals surface area contributed by atoms with Crippen molar-refractivity contribution in [3.63, 3.8) is 0 Å². The molecule has 10 heterocycles. The van der Waals surface area contributed by atoms with Crippen LogP contribution in [0.15, 0.2) is 70.9 Å². The lowest BCUT2D eigenvalue weighted by Gasteiger charge is -2.32. The molecule has 10 rings (SSSR count). The van der Waals surface area contributed by atoms with Gasteiger partial charge in [0.2, 0.25) is 0 Å². The summed E-state index contributed by atoms with van der Waals surface area (Å²) in [5, 5.41) is 16.5. The Kier molecular flexibility index (Phi) is 9.10. The third-order valence-corrected chi connectivity index (χ3v) is 12.3. The van der Waals surface area contributed by atoms with Crippen LogP contribution in [0.4, 0.5) is 5.82 Å². The zero-order valence-corrected chi connectivity index (χ0v) is 33.4. The van der Waals surface area contributed by atoms with Gasteiger partial charge in [-0.05, 0) is 56.0 Å². The van der Waals surface area contributed by atoms with Crippen molar-refractivity contribution in [1.82, 2.24) is 58.3 Å². The zero-order chi connectivity index (χ0) is 40.5. The number of nitrogens with zero attached hydrogens (tertiary/aromatic N) is 12. The number of β-amino-alcohol motifs (C(OH)–C–C–N with tert-alkyl or cyclic N) is 1. The van der Waals surface area contributed by atoms with E-state index in [1.807, 2.05) is 64.7 Å². The van der Waals surface area contributed by atoms with Gasteiger partial charge >= 0.3 is 11.4 Å². The number of hydrogen-bond acceptors (Lipinski definition) is 12. The highest BCUT2D eigenvalue weighted by atomic mass is 16.5. The third-order valence-electron chi connectivity index (χ3n) is 12.3. The monoisotopic (exact) mass is 795 g/mol. The Bertz CT molecular complexity index is 2990. The summed E-state index contributed by atoms with van der Waals surface area (Å²) in [5.74, 6) is 0.816. The fraction of sp³-hybridized carbons (Fsp3) is 0.381. The summed E-state index contributed by atoms with van der Waals surface area (Å²) < 4.78 is 13.7. The topological polar surface area (TPSA) is 183 Å². The molecular formula is C42H45N13O4. The maximum atomic E-state index is 14.3. The van der Waals surface area contributed by atoms with Crippen LogP contribution in [0.25, 0.3) is 66.6 Å². The summed E-state index contributed by atoms with van der Waals surface area (Å²) in [6.07, 6.45) is 11.0. The van der Waals surface area contributed by atoms with E-state index in [0.29, 0.717) is 64.8 Å². The average Bonchev–Trinajstić information content (AvgIpc) is 3.96.